The van der Waals surface area contributed by atoms with Crippen LogP contribution in [0.25, 0.3) is 0 Å². The summed E-state index contributed by atoms with van der Waals surface area (Å²) < 4.78 is 13.2. The molecule has 6 nitrogen and oxygen atoms in total. The quantitative estimate of drug-likeness (QED) is 0.164. The van der Waals surface area contributed by atoms with E-state index in [0.29, 0.717) is 36.8 Å². The molecule has 1 N–H and O–H groups in total. The molecule has 1 aromatic heterocycles. The van der Waals surface area contributed by atoms with Crippen LogP contribution in [0.2, 0.25) is 0 Å². The second-order valence-corrected chi connectivity index (χ2v) is 8.95. The Bertz CT molecular complexity index is 1330. The van der Waals surface area contributed by atoms with Crippen molar-refractivity contribution in [3.05, 3.63) is 136 Å². The molecular weight excluding hydrogens is 476 g/mol. The van der Waals surface area contributed by atoms with Crippen molar-refractivity contribution >= 4 is 0 Å². The summed E-state index contributed by atoms with van der Waals surface area (Å²) in [6.45, 7) is 3.10. The summed E-state index contributed by atoms with van der Waals surface area (Å²) in [5.41, 5.74) is 2.86. The largest absolute Gasteiger partial charge is 0.513 e. The first-order valence-electron chi connectivity index (χ1n) is 13.1. The molecule has 1 heterocycles. The third kappa shape index (κ3) is 7.59. The fourth-order valence-electron chi connectivity index (χ4n) is 4.29. The van der Waals surface area contributed by atoms with Gasteiger partial charge in [0.15, 0.2) is 0 Å². The van der Waals surface area contributed by atoms with E-state index in [4.69, 9.17) is 14.6 Å². The molecule has 0 atom stereocenters. The molecule has 0 radical (unpaired) electrons. The van der Waals surface area contributed by atoms with Gasteiger partial charge in [-0.3, -0.25) is 4.79 Å². The van der Waals surface area contributed by atoms with Crippen LogP contribution in [-0.4, -0.2) is 28.1 Å². The first-order chi connectivity index (χ1) is 18.6. The monoisotopic (exact) mass is 510 g/mol. The van der Waals surface area contributed by atoms with Crippen LogP contribution in [-0.2, 0) is 6.54 Å². The Morgan fingerprint density at radius 1 is 0.868 bits per heavy atom. The number of aromatic nitrogens is 2. The zero-order valence-electron chi connectivity index (χ0n) is 21.7. The molecular formula is C32H34N2O4. The second-order valence-electron chi connectivity index (χ2n) is 8.95. The summed E-state index contributed by atoms with van der Waals surface area (Å²) in [4.78, 5) is 12.6. The highest BCUT2D eigenvalue weighted by atomic mass is 16.5. The molecule has 0 fully saturated rings. The molecule has 0 bridgehead atoms. The molecule has 0 aliphatic heterocycles. The molecule has 0 aliphatic rings. The molecule has 0 unspecified atom stereocenters. The molecule has 0 amide bonds. The molecule has 4 aromatic rings. The standard InChI is InChI=1S/C32H34N2O4/c1-2-11-27(35)16-10-22-37-28-17-9-18-29(24-28)38-23-21-34-31(36)20-19-30(33-34)32(25-12-5-3-6-13-25)26-14-7-4-8-15-26/h3-9,11-15,17-20,24,32,35H,2,10,16,21-23H2,1H3/b27-11-. The van der Waals surface area contributed by atoms with Crippen molar-refractivity contribution in [1.29, 1.82) is 0 Å². The summed E-state index contributed by atoms with van der Waals surface area (Å²) in [5, 5.41) is 14.4. The average molecular weight is 511 g/mol. The number of hydrogen-bond donors (Lipinski definition) is 1. The summed E-state index contributed by atoms with van der Waals surface area (Å²) in [7, 11) is 0. The van der Waals surface area contributed by atoms with Gasteiger partial charge in [-0.15, -0.1) is 0 Å². The van der Waals surface area contributed by atoms with Crippen molar-refractivity contribution in [2.45, 2.75) is 38.6 Å². The van der Waals surface area contributed by atoms with Crippen LogP contribution < -0.4 is 15.0 Å². The fraction of sp³-hybridized carbons (Fsp3) is 0.250. The van der Waals surface area contributed by atoms with Gasteiger partial charge in [-0.25, -0.2) is 4.68 Å². The van der Waals surface area contributed by atoms with E-state index in [9.17, 15) is 9.90 Å². The summed E-state index contributed by atoms with van der Waals surface area (Å²) in [5.74, 6) is 1.68. The number of rotatable bonds is 13. The van der Waals surface area contributed by atoms with Crippen LogP contribution in [0, 0.1) is 0 Å². The van der Waals surface area contributed by atoms with Crippen molar-refractivity contribution in [2.24, 2.45) is 0 Å². The molecule has 0 saturated carbocycles. The summed E-state index contributed by atoms with van der Waals surface area (Å²) in [6, 6.07) is 31.2. The van der Waals surface area contributed by atoms with E-state index < -0.39 is 0 Å². The van der Waals surface area contributed by atoms with Crippen molar-refractivity contribution < 1.29 is 14.6 Å². The maximum absolute atomic E-state index is 12.6. The third-order valence-electron chi connectivity index (χ3n) is 6.11. The highest BCUT2D eigenvalue weighted by molar-refractivity contribution is 5.39. The molecule has 0 aliphatic carbocycles. The number of benzene rings is 3. The van der Waals surface area contributed by atoms with Crippen molar-refractivity contribution in [3.8, 4) is 11.5 Å². The average Bonchev–Trinajstić information content (AvgIpc) is 2.94. The van der Waals surface area contributed by atoms with Crippen LogP contribution in [0.15, 0.2) is 114 Å². The van der Waals surface area contributed by atoms with Gasteiger partial charge >= 0.3 is 0 Å². The Kier molecular flexibility index (Phi) is 9.74. The van der Waals surface area contributed by atoms with Gasteiger partial charge in [-0.05, 0) is 48.2 Å². The fourth-order valence-corrected chi connectivity index (χ4v) is 4.29. The van der Waals surface area contributed by atoms with E-state index in [1.54, 1.807) is 6.07 Å². The maximum Gasteiger partial charge on any atom is 0.266 e. The van der Waals surface area contributed by atoms with Crippen molar-refractivity contribution in [2.75, 3.05) is 13.2 Å². The van der Waals surface area contributed by atoms with Gasteiger partial charge in [0, 0.05) is 18.6 Å². The number of aliphatic hydroxyl groups excluding tert-OH is 1. The van der Waals surface area contributed by atoms with Crippen LogP contribution in [0.3, 0.4) is 0 Å². The first-order valence-corrected chi connectivity index (χ1v) is 13.1. The van der Waals surface area contributed by atoms with Crippen LogP contribution in [0.5, 0.6) is 11.5 Å². The predicted octanol–water partition coefficient (Wildman–Crippen LogP) is 6.51. The first kappa shape index (κ1) is 26.7. The minimum atomic E-state index is -0.172. The van der Waals surface area contributed by atoms with Crippen LogP contribution in [0.4, 0.5) is 0 Å². The van der Waals surface area contributed by atoms with Gasteiger partial charge in [0.05, 0.1) is 30.5 Å². The molecule has 196 valence electrons. The maximum atomic E-state index is 12.6. The highest BCUT2D eigenvalue weighted by Gasteiger charge is 2.19. The van der Waals surface area contributed by atoms with Crippen molar-refractivity contribution in [3.63, 3.8) is 0 Å². The highest BCUT2D eigenvalue weighted by Crippen LogP contribution is 2.30. The SMILES string of the molecule is CC/C=C(\O)CCCOc1cccc(OCCn2nc(C(c3ccccc3)c3ccccc3)ccc2=O)c1. The molecule has 3 aromatic carbocycles. The Balaban J connectivity index is 1.40. The predicted molar refractivity (Wildman–Crippen MR) is 150 cm³/mol. The van der Waals surface area contributed by atoms with E-state index >= 15 is 0 Å². The van der Waals surface area contributed by atoms with E-state index in [2.05, 4.69) is 24.3 Å². The second kappa shape index (κ2) is 13.8. The van der Waals surface area contributed by atoms with Crippen LogP contribution >= 0.6 is 0 Å². The van der Waals surface area contributed by atoms with Gasteiger partial charge in [0.2, 0.25) is 0 Å². The van der Waals surface area contributed by atoms with Gasteiger partial charge in [-0.1, -0.05) is 73.7 Å². The zero-order valence-corrected chi connectivity index (χ0v) is 21.7. The van der Waals surface area contributed by atoms with Crippen molar-refractivity contribution in [1.82, 2.24) is 9.78 Å². The normalized spacial score (nSPS) is 11.5. The smallest absolute Gasteiger partial charge is 0.266 e. The lowest BCUT2D eigenvalue weighted by Crippen LogP contribution is -2.26. The minimum Gasteiger partial charge on any atom is -0.513 e. The lowest BCUT2D eigenvalue weighted by atomic mass is 9.88. The topological polar surface area (TPSA) is 73.6 Å². The van der Waals surface area contributed by atoms with E-state index in [1.165, 1.54) is 4.68 Å². The Morgan fingerprint density at radius 2 is 1.50 bits per heavy atom. The molecule has 4 rings (SSSR count). The van der Waals surface area contributed by atoms with E-state index in [1.807, 2.05) is 79.7 Å². The number of hydrogen-bond acceptors (Lipinski definition) is 5. The molecule has 0 spiro atoms. The molecule has 6 heteroatoms. The minimum absolute atomic E-state index is 0.0848. The van der Waals surface area contributed by atoms with Gasteiger partial charge in [-0.2, -0.15) is 5.10 Å². The number of allylic oxidation sites excluding steroid dienone is 2. The van der Waals surface area contributed by atoms with E-state index in [0.717, 1.165) is 29.7 Å². The molecule has 38 heavy (non-hydrogen) atoms. The lowest BCUT2D eigenvalue weighted by molar-refractivity contribution is 0.277. The zero-order chi connectivity index (χ0) is 26.6. The summed E-state index contributed by atoms with van der Waals surface area (Å²) in [6.07, 6.45) is 3.96. The van der Waals surface area contributed by atoms with Gasteiger partial charge in [0.25, 0.3) is 5.56 Å². The Hall–Kier alpha value is -4.32. The third-order valence-corrected chi connectivity index (χ3v) is 6.11. The van der Waals surface area contributed by atoms with Gasteiger partial charge < -0.3 is 14.6 Å². The number of aliphatic hydroxyl groups is 1. The van der Waals surface area contributed by atoms with Crippen LogP contribution in [0.1, 0.15) is 48.9 Å². The number of ether oxygens (including phenoxy) is 2. The summed E-state index contributed by atoms with van der Waals surface area (Å²) >= 11 is 0. The molecule has 0 saturated heterocycles. The lowest BCUT2D eigenvalue weighted by Gasteiger charge is -2.18. The Morgan fingerprint density at radius 3 is 2.13 bits per heavy atom. The van der Waals surface area contributed by atoms with Gasteiger partial charge in [0.1, 0.15) is 18.1 Å². The Labute approximate surface area is 223 Å². The number of nitrogens with zero attached hydrogens (tertiary/aromatic N) is 2. The van der Waals surface area contributed by atoms with E-state index in [-0.39, 0.29) is 18.1 Å².